The van der Waals surface area contributed by atoms with Crippen molar-refractivity contribution < 1.29 is 19.1 Å². The number of hydrogen-bond donors (Lipinski definition) is 2. The highest BCUT2D eigenvalue weighted by Crippen LogP contribution is 2.59. The molecular formula is C32H24ClFN2O3. The lowest BCUT2D eigenvalue weighted by Crippen LogP contribution is -2.48. The van der Waals surface area contributed by atoms with E-state index in [0.29, 0.717) is 33.6 Å². The molecule has 4 aromatic rings. The molecule has 0 spiro atoms. The number of halogens is 2. The molecule has 39 heavy (non-hydrogen) atoms. The van der Waals surface area contributed by atoms with E-state index in [1.165, 1.54) is 24.3 Å². The fourth-order valence-corrected chi connectivity index (χ4v) is 6.26. The molecule has 6 rings (SSSR count). The van der Waals surface area contributed by atoms with Crippen molar-refractivity contribution >= 4 is 39.9 Å². The summed E-state index contributed by atoms with van der Waals surface area (Å²) in [7, 11) is 0. The molecule has 7 heteroatoms. The highest BCUT2D eigenvalue weighted by molar-refractivity contribution is 6.30. The number of allylic oxidation sites excluding steroid dienone is 3. The van der Waals surface area contributed by atoms with Crippen LogP contribution in [0.25, 0.3) is 10.8 Å². The minimum Gasteiger partial charge on any atom is -0.507 e. The number of carbonyl (C=O) groups is 2. The van der Waals surface area contributed by atoms with Crippen molar-refractivity contribution in [1.82, 2.24) is 5.01 Å². The van der Waals surface area contributed by atoms with Crippen LogP contribution in [0, 0.1) is 11.7 Å². The van der Waals surface area contributed by atoms with E-state index in [0.717, 1.165) is 16.0 Å². The number of phenolic OH excluding ortho intramolecular Hbond substituents is 1. The van der Waals surface area contributed by atoms with Crippen LogP contribution in [0.1, 0.15) is 23.5 Å². The third-order valence-corrected chi connectivity index (χ3v) is 8.14. The molecule has 2 aliphatic rings. The van der Waals surface area contributed by atoms with Crippen LogP contribution in [0.15, 0.2) is 109 Å². The summed E-state index contributed by atoms with van der Waals surface area (Å²) in [6, 6.07) is 23.5. The summed E-state index contributed by atoms with van der Waals surface area (Å²) in [6.45, 7) is 4.01. The molecular weight excluding hydrogens is 515 g/mol. The van der Waals surface area contributed by atoms with Gasteiger partial charge in [-0.25, -0.2) is 4.39 Å². The van der Waals surface area contributed by atoms with Crippen molar-refractivity contribution in [2.24, 2.45) is 5.92 Å². The van der Waals surface area contributed by atoms with Crippen LogP contribution < -0.4 is 5.43 Å². The minimum atomic E-state index is -1.41. The van der Waals surface area contributed by atoms with Gasteiger partial charge in [0, 0.05) is 21.9 Å². The first kappa shape index (κ1) is 24.9. The summed E-state index contributed by atoms with van der Waals surface area (Å²) in [6.07, 6.45) is 3.89. The molecule has 4 aromatic carbocycles. The number of anilines is 1. The second-order valence-corrected chi connectivity index (χ2v) is 10.3. The maximum Gasteiger partial charge on any atom is 0.260 e. The van der Waals surface area contributed by atoms with Gasteiger partial charge in [-0.3, -0.25) is 15.0 Å². The molecule has 0 saturated carbocycles. The number of nitrogens with one attached hydrogen (secondary N) is 1. The first-order chi connectivity index (χ1) is 18.9. The number of nitrogens with zero attached hydrogens (tertiary/aromatic N) is 1. The Labute approximate surface area is 229 Å². The smallest absolute Gasteiger partial charge is 0.260 e. The summed E-state index contributed by atoms with van der Waals surface area (Å²) in [5.41, 5.74) is 3.74. The van der Waals surface area contributed by atoms with Gasteiger partial charge in [0.05, 0.1) is 17.0 Å². The Morgan fingerprint density at radius 2 is 1.72 bits per heavy atom. The van der Waals surface area contributed by atoms with Crippen molar-refractivity contribution in [2.75, 3.05) is 5.43 Å². The number of phenols is 1. The Balaban J connectivity index is 1.60. The zero-order valence-corrected chi connectivity index (χ0v) is 21.5. The number of hydrazine groups is 1. The molecule has 1 aliphatic carbocycles. The van der Waals surface area contributed by atoms with Gasteiger partial charge in [-0.2, -0.15) is 5.01 Å². The van der Waals surface area contributed by atoms with Crippen molar-refractivity contribution in [3.63, 3.8) is 0 Å². The molecule has 1 fully saturated rings. The number of hydrogen-bond acceptors (Lipinski definition) is 4. The molecule has 0 aromatic heterocycles. The zero-order valence-electron chi connectivity index (χ0n) is 20.8. The monoisotopic (exact) mass is 538 g/mol. The Hall–Kier alpha value is -4.42. The van der Waals surface area contributed by atoms with Gasteiger partial charge in [-0.15, -0.1) is 0 Å². The van der Waals surface area contributed by atoms with Gasteiger partial charge in [0.2, 0.25) is 0 Å². The van der Waals surface area contributed by atoms with Gasteiger partial charge in [0.25, 0.3) is 11.8 Å². The van der Waals surface area contributed by atoms with E-state index in [4.69, 9.17) is 11.6 Å². The quantitative estimate of drug-likeness (QED) is 0.271. The Bertz CT molecular complexity index is 1670. The molecule has 2 amide bonds. The van der Waals surface area contributed by atoms with Crippen molar-refractivity contribution in [1.29, 1.82) is 0 Å². The lowest BCUT2D eigenvalue weighted by Gasteiger charge is -2.43. The zero-order chi connectivity index (χ0) is 27.3. The lowest BCUT2D eigenvalue weighted by molar-refractivity contribution is -0.138. The van der Waals surface area contributed by atoms with Gasteiger partial charge in [0.15, 0.2) is 0 Å². The predicted octanol–water partition coefficient (Wildman–Crippen LogP) is 6.89. The van der Waals surface area contributed by atoms with Gasteiger partial charge < -0.3 is 5.11 Å². The maximum absolute atomic E-state index is 14.6. The first-order valence-corrected chi connectivity index (χ1v) is 12.9. The molecule has 1 heterocycles. The third-order valence-electron chi connectivity index (χ3n) is 7.89. The number of rotatable bonds is 5. The van der Waals surface area contributed by atoms with Crippen LogP contribution in [0.2, 0.25) is 5.02 Å². The van der Waals surface area contributed by atoms with Gasteiger partial charge in [0.1, 0.15) is 11.6 Å². The molecule has 5 nitrogen and oxygen atoms in total. The lowest BCUT2D eigenvalue weighted by atomic mass is 9.56. The van der Waals surface area contributed by atoms with Crippen LogP contribution in [-0.4, -0.2) is 21.9 Å². The molecule has 194 valence electrons. The largest absolute Gasteiger partial charge is 0.507 e. The summed E-state index contributed by atoms with van der Waals surface area (Å²) in [5.74, 6) is -2.78. The fourth-order valence-electron chi connectivity index (χ4n) is 6.14. The van der Waals surface area contributed by atoms with Crippen molar-refractivity contribution in [2.45, 2.75) is 17.8 Å². The second-order valence-electron chi connectivity index (χ2n) is 9.83. The van der Waals surface area contributed by atoms with Crippen LogP contribution >= 0.6 is 11.6 Å². The van der Waals surface area contributed by atoms with Crippen LogP contribution in [0.4, 0.5) is 10.1 Å². The third kappa shape index (κ3) is 3.74. The van der Waals surface area contributed by atoms with E-state index in [1.807, 2.05) is 42.5 Å². The van der Waals surface area contributed by atoms with Crippen LogP contribution in [0.3, 0.4) is 0 Å². The SMILES string of the molecule is C=CC1=CC[C@H]2C(=O)N(Nc3ccc(F)cc3)C(=O)[C@@]2(c2ccc(Cl)cc2)[C@H]1c1ccc2ccccc2c1O. The van der Waals surface area contributed by atoms with Gasteiger partial charge in [-0.05, 0) is 59.3 Å². The fraction of sp³-hybridized carbons (Fsp3) is 0.125. The molecule has 0 radical (unpaired) electrons. The highest BCUT2D eigenvalue weighted by atomic mass is 35.5. The summed E-state index contributed by atoms with van der Waals surface area (Å²) in [4.78, 5) is 28.6. The van der Waals surface area contributed by atoms with E-state index in [-0.39, 0.29) is 5.75 Å². The topological polar surface area (TPSA) is 69.6 Å². The molecule has 0 bridgehead atoms. The minimum absolute atomic E-state index is 0.0463. The Kier molecular flexibility index (Phi) is 6.00. The number of imide groups is 1. The summed E-state index contributed by atoms with van der Waals surface area (Å²) < 4.78 is 13.6. The maximum atomic E-state index is 14.6. The van der Waals surface area contributed by atoms with E-state index < -0.39 is 34.9 Å². The molecule has 2 N–H and O–H groups in total. The predicted molar refractivity (Wildman–Crippen MR) is 150 cm³/mol. The van der Waals surface area contributed by atoms with Crippen LogP contribution in [-0.2, 0) is 15.0 Å². The number of amides is 2. The summed E-state index contributed by atoms with van der Waals surface area (Å²) >= 11 is 6.23. The van der Waals surface area contributed by atoms with Crippen molar-refractivity contribution in [3.8, 4) is 5.75 Å². The van der Waals surface area contributed by atoms with Crippen molar-refractivity contribution in [3.05, 3.63) is 131 Å². The van der Waals surface area contributed by atoms with E-state index in [2.05, 4.69) is 12.0 Å². The Morgan fingerprint density at radius 3 is 2.44 bits per heavy atom. The van der Waals surface area contributed by atoms with Gasteiger partial charge >= 0.3 is 0 Å². The van der Waals surface area contributed by atoms with E-state index >= 15 is 0 Å². The summed E-state index contributed by atoms with van der Waals surface area (Å²) in [5, 5.41) is 14.6. The number of benzene rings is 4. The van der Waals surface area contributed by atoms with E-state index in [9.17, 15) is 19.1 Å². The number of carbonyl (C=O) groups excluding carboxylic acids is 2. The number of aromatic hydroxyl groups is 1. The first-order valence-electron chi connectivity index (χ1n) is 12.6. The normalized spacial score (nSPS) is 22.5. The average Bonchev–Trinajstić information content (AvgIpc) is 3.17. The molecule has 3 atom stereocenters. The average molecular weight is 539 g/mol. The van der Waals surface area contributed by atoms with Crippen LogP contribution in [0.5, 0.6) is 5.75 Å². The molecule has 1 saturated heterocycles. The number of fused-ring (bicyclic) bond motifs is 2. The Morgan fingerprint density at radius 1 is 1.00 bits per heavy atom. The molecule has 1 aliphatic heterocycles. The molecule has 0 unspecified atom stereocenters. The highest BCUT2D eigenvalue weighted by Gasteiger charge is 2.66. The van der Waals surface area contributed by atoms with E-state index in [1.54, 1.807) is 30.3 Å². The standard InChI is InChI=1S/C32H24ClFN2O3/c1-2-19-8-18-27-30(38)36(35-24-15-13-23(34)14-16-24)31(39)32(27,21-9-11-22(33)12-10-21)28(19)26-17-7-20-5-3-4-6-25(20)29(26)37/h2-17,27-28,35,37H,1,18H2/t27-,28+,32+/m0/s1. The second kappa shape index (κ2) is 9.40. The van der Waals surface area contributed by atoms with Gasteiger partial charge in [-0.1, -0.05) is 78.9 Å².